The van der Waals surface area contributed by atoms with Crippen molar-refractivity contribution in [2.24, 2.45) is 0 Å². The second-order valence-corrected chi connectivity index (χ2v) is 3.60. The first-order chi connectivity index (χ1) is 7.66. The number of hydrogen-bond acceptors (Lipinski definition) is 4. The SMILES string of the molecule is Cc1nc(Cl)cc(=O)n1Cc1ncccn1. The first kappa shape index (κ1) is 10.8. The zero-order valence-electron chi connectivity index (χ0n) is 8.59. The van der Waals surface area contributed by atoms with E-state index in [1.807, 2.05) is 0 Å². The predicted octanol–water partition coefficient (Wildman–Crippen LogP) is 1.04. The number of aromatic nitrogens is 4. The van der Waals surface area contributed by atoms with Gasteiger partial charge >= 0.3 is 0 Å². The third-order valence-corrected chi connectivity index (χ3v) is 2.28. The maximum atomic E-state index is 11.6. The summed E-state index contributed by atoms with van der Waals surface area (Å²) in [5, 5.41) is 0.202. The first-order valence-electron chi connectivity index (χ1n) is 4.66. The van der Waals surface area contributed by atoms with Crippen LogP contribution < -0.4 is 5.56 Å². The molecule has 0 bridgehead atoms. The number of hydrogen-bond donors (Lipinski definition) is 0. The van der Waals surface area contributed by atoms with Crippen LogP contribution in [0.25, 0.3) is 0 Å². The van der Waals surface area contributed by atoms with E-state index in [1.165, 1.54) is 10.6 Å². The molecule has 82 valence electrons. The lowest BCUT2D eigenvalue weighted by Gasteiger charge is -2.07. The molecule has 0 atom stereocenters. The predicted molar refractivity (Wildman–Crippen MR) is 59.4 cm³/mol. The summed E-state index contributed by atoms with van der Waals surface area (Å²) in [6.45, 7) is 2.02. The molecular weight excluding hydrogens is 228 g/mol. The summed E-state index contributed by atoms with van der Waals surface area (Å²) in [5.74, 6) is 1.11. The molecule has 0 saturated carbocycles. The van der Waals surface area contributed by atoms with Gasteiger partial charge in [0.1, 0.15) is 16.8 Å². The third-order valence-electron chi connectivity index (χ3n) is 2.09. The van der Waals surface area contributed by atoms with Gasteiger partial charge in [-0.25, -0.2) is 15.0 Å². The highest BCUT2D eigenvalue weighted by Crippen LogP contribution is 2.02. The van der Waals surface area contributed by atoms with Crippen molar-refractivity contribution in [3.05, 3.63) is 51.7 Å². The second kappa shape index (κ2) is 4.40. The van der Waals surface area contributed by atoms with Gasteiger partial charge in [-0.1, -0.05) is 11.6 Å². The van der Waals surface area contributed by atoms with Crippen molar-refractivity contribution in [3.8, 4) is 0 Å². The van der Waals surface area contributed by atoms with Gasteiger partial charge in [0.05, 0.1) is 6.54 Å². The molecule has 0 amide bonds. The molecule has 0 aliphatic rings. The summed E-state index contributed by atoms with van der Waals surface area (Å²) >= 11 is 5.67. The minimum absolute atomic E-state index is 0.202. The highest BCUT2D eigenvalue weighted by molar-refractivity contribution is 6.29. The van der Waals surface area contributed by atoms with Crippen LogP contribution >= 0.6 is 11.6 Å². The smallest absolute Gasteiger partial charge is 0.255 e. The number of nitrogens with zero attached hydrogens (tertiary/aromatic N) is 4. The molecule has 6 heteroatoms. The van der Waals surface area contributed by atoms with Gasteiger partial charge in [0.25, 0.3) is 5.56 Å². The van der Waals surface area contributed by atoms with Gasteiger partial charge in [0.15, 0.2) is 0 Å². The molecule has 0 spiro atoms. The summed E-state index contributed by atoms with van der Waals surface area (Å²) in [6.07, 6.45) is 3.26. The summed E-state index contributed by atoms with van der Waals surface area (Å²) in [5.41, 5.74) is -0.204. The molecule has 16 heavy (non-hydrogen) atoms. The van der Waals surface area contributed by atoms with E-state index in [0.717, 1.165) is 0 Å². The molecule has 2 heterocycles. The summed E-state index contributed by atoms with van der Waals surface area (Å²) in [6, 6.07) is 3.00. The summed E-state index contributed by atoms with van der Waals surface area (Å²) in [4.78, 5) is 23.7. The van der Waals surface area contributed by atoms with E-state index in [0.29, 0.717) is 18.2 Å². The first-order valence-corrected chi connectivity index (χ1v) is 5.04. The standard InChI is InChI=1S/C10H9ClN4O/c1-7-14-8(11)5-10(16)15(7)6-9-12-3-2-4-13-9/h2-5H,6H2,1H3. The van der Waals surface area contributed by atoms with Crippen LogP contribution in [0.15, 0.2) is 29.3 Å². The minimum Gasteiger partial charge on any atom is -0.289 e. The molecule has 2 aromatic heterocycles. The molecule has 2 aromatic rings. The van der Waals surface area contributed by atoms with Gasteiger partial charge in [-0.2, -0.15) is 0 Å². The maximum absolute atomic E-state index is 11.6. The highest BCUT2D eigenvalue weighted by Gasteiger charge is 2.05. The minimum atomic E-state index is -0.204. The molecule has 0 radical (unpaired) electrons. The zero-order valence-corrected chi connectivity index (χ0v) is 9.35. The molecule has 0 aliphatic carbocycles. The van der Waals surface area contributed by atoms with Gasteiger partial charge in [0.2, 0.25) is 0 Å². The van der Waals surface area contributed by atoms with Crippen molar-refractivity contribution in [1.82, 2.24) is 19.5 Å². The van der Waals surface area contributed by atoms with E-state index in [-0.39, 0.29) is 10.7 Å². The van der Waals surface area contributed by atoms with Gasteiger partial charge in [0, 0.05) is 18.5 Å². The molecule has 5 nitrogen and oxygen atoms in total. The van der Waals surface area contributed by atoms with Crippen molar-refractivity contribution in [3.63, 3.8) is 0 Å². The zero-order chi connectivity index (χ0) is 11.5. The van der Waals surface area contributed by atoms with Crippen molar-refractivity contribution in [2.75, 3.05) is 0 Å². The van der Waals surface area contributed by atoms with E-state index >= 15 is 0 Å². The van der Waals surface area contributed by atoms with Crippen LogP contribution in [0.1, 0.15) is 11.6 Å². The van der Waals surface area contributed by atoms with Crippen LogP contribution in [0.4, 0.5) is 0 Å². The molecule has 0 unspecified atom stereocenters. The average molecular weight is 237 g/mol. The second-order valence-electron chi connectivity index (χ2n) is 3.22. The monoisotopic (exact) mass is 236 g/mol. The Morgan fingerprint density at radius 3 is 2.69 bits per heavy atom. The summed E-state index contributed by atoms with van der Waals surface area (Å²) < 4.78 is 1.47. The third kappa shape index (κ3) is 2.25. The number of aryl methyl sites for hydroxylation is 1. The van der Waals surface area contributed by atoms with E-state index in [9.17, 15) is 4.79 Å². The maximum Gasteiger partial charge on any atom is 0.255 e. The Morgan fingerprint density at radius 1 is 1.38 bits per heavy atom. The van der Waals surface area contributed by atoms with E-state index in [1.54, 1.807) is 25.4 Å². The van der Waals surface area contributed by atoms with Crippen LogP contribution in [0.3, 0.4) is 0 Å². The average Bonchev–Trinajstić information content (AvgIpc) is 2.25. The van der Waals surface area contributed by atoms with E-state index < -0.39 is 0 Å². The quantitative estimate of drug-likeness (QED) is 0.731. The Morgan fingerprint density at radius 2 is 2.06 bits per heavy atom. The molecule has 0 saturated heterocycles. The number of rotatable bonds is 2. The van der Waals surface area contributed by atoms with Crippen LogP contribution in [-0.4, -0.2) is 19.5 Å². The lowest BCUT2D eigenvalue weighted by atomic mass is 10.4. The fourth-order valence-electron chi connectivity index (χ4n) is 1.33. The molecule has 0 fully saturated rings. The molecular formula is C10H9ClN4O. The van der Waals surface area contributed by atoms with Gasteiger partial charge < -0.3 is 0 Å². The number of halogens is 1. The van der Waals surface area contributed by atoms with Crippen molar-refractivity contribution < 1.29 is 0 Å². The Bertz CT molecular complexity index is 552. The summed E-state index contributed by atoms with van der Waals surface area (Å²) in [7, 11) is 0. The normalized spacial score (nSPS) is 10.4. The van der Waals surface area contributed by atoms with Gasteiger partial charge in [-0.15, -0.1) is 0 Å². The highest BCUT2D eigenvalue weighted by atomic mass is 35.5. The fraction of sp³-hybridized carbons (Fsp3) is 0.200. The van der Waals surface area contributed by atoms with Gasteiger partial charge in [-0.05, 0) is 13.0 Å². The Labute approximate surface area is 96.8 Å². The van der Waals surface area contributed by atoms with Crippen LogP contribution in [0.5, 0.6) is 0 Å². The van der Waals surface area contributed by atoms with Crippen molar-refractivity contribution >= 4 is 11.6 Å². The van der Waals surface area contributed by atoms with Gasteiger partial charge in [-0.3, -0.25) is 9.36 Å². The fourth-order valence-corrected chi connectivity index (χ4v) is 1.55. The molecule has 0 aliphatic heterocycles. The Hall–Kier alpha value is -1.75. The molecule has 0 N–H and O–H groups in total. The molecule has 2 rings (SSSR count). The van der Waals surface area contributed by atoms with Crippen LogP contribution in [0, 0.1) is 6.92 Å². The van der Waals surface area contributed by atoms with E-state index in [2.05, 4.69) is 15.0 Å². The van der Waals surface area contributed by atoms with Crippen LogP contribution in [0.2, 0.25) is 5.15 Å². The Balaban J connectivity index is 2.39. The van der Waals surface area contributed by atoms with E-state index in [4.69, 9.17) is 11.6 Å². The largest absolute Gasteiger partial charge is 0.289 e. The van der Waals surface area contributed by atoms with Crippen molar-refractivity contribution in [1.29, 1.82) is 0 Å². The Kier molecular flexibility index (Phi) is 2.96. The lowest BCUT2D eigenvalue weighted by Crippen LogP contribution is -2.24. The topological polar surface area (TPSA) is 60.7 Å². The lowest BCUT2D eigenvalue weighted by molar-refractivity contribution is 0.668. The van der Waals surface area contributed by atoms with Crippen molar-refractivity contribution in [2.45, 2.75) is 13.5 Å². The molecule has 0 aromatic carbocycles. The van der Waals surface area contributed by atoms with Crippen LogP contribution in [-0.2, 0) is 6.54 Å².